The second-order valence-electron chi connectivity index (χ2n) is 15.6. The number of hydrogen-bond donors (Lipinski definition) is 1. The summed E-state index contributed by atoms with van der Waals surface area (Å²) in [7, 11) is 1.38. The van der Waals surface area contributed by atoms with E-state index in [4.69, 9.17) is 54.0 Å². The Bertz CT molecular complexity index is 2320. The molecule has 0 bridgehead atoms. The van der Waals surface area contributed by atoms with Crippen molar-refractivity contribution in [2.75, 3.05) is 59.5 Å². The van der Waals surface area contributed by atoms with Gasteiger partial charge in [0, 0.05) is 19.0 Å². The molecule has 1 saturated heterocycles. The van der Waals surface area contributed by atoms with Gasteiger partial charge >= 0.3 is 0 Å². The third kappa shape index (κ3) is 11.8. The van der Waals surface area contributed by atoms with Gasteiger partial charge in [0.1, 0.15) is 61.9 Å². The van der Waals surface area contributed by atoms with Gasteiger partial charge in [-0.05, 0) is 68.7 Å². The van der Waals surface area contributed by atoms with Crippen LogP contribution in [0.1, 0.15) is 64.0 Å². The summed E-state index contributed by atoms with van der Waals surface area (Å²) in [4.78, 5) is 29.2. The first-order chi connectivity index (χ1) is 32.1. The number of amides is 1. The van der Waals surface area contributed by atoms with E-state index in [1.165, 1.54) is 13.3 Å². The van der Waals surface area contributed by atoms with E-state index < -0.39 is 38.7 Å². The van der Waals surface area contributed by atoms with Gasteiger partial charge in [-0.25, -0.2) is 26.2 Å². The minimum absolute atomic E-state index is 0.0255. The van der Waals surface area contributed by atoms with Crippen molar-refractivity contribution in [1.29, 1.82) is 5.26 Å². The van der Waals surface area contributed by atoms with Crippen LogP contribution in [0, 0.1) is 17.9 Å². The molecule has 2 aromatic heterocycles. The van der Waals surface area contributed by atoms with Gasteiger partial charge < -0.3 is 52.4 Å². The number of methoxy groups -OCH3 is 2. The molecule has 5 atom stereocenters. The van der Waals surface area contributed by atoms with E-state index in [1.807, 2.05) is 84.9 Å². The maximum absolute atomic E-state index is 12.2. The van der Waals surface area contributed by atoms with Crippen molar-refractivity contribution >= 4 is 31.4 Å². The molecule has 0 aliphatic carbocycles. The Morgan fingerprint density at radius 1 is 0.909 bits per heavy atom. The molecule has 3 heterocycles. The normalized spacial score (nSPS) is 17.8. The monoisotopic (exact) mass is 924 g/mol. The Morgan fingerprint density at radius 2 is 1.56 bits per heavy atom. The molecular formula is C47H57N8O10P. The zero-order valence-corrected chi connectivity index (χ0v) is 39.1. The van der Waals surface area contributed by atoms with Gasteiger partial charge in [-0.2, -0.15) is 5.26 Å². The third-order valence-corrected chi connectivity index (χ3v) is 12.7. The van der Waals surface area contributed by atoms with Crippen LogP contribution in [0.25, 0.3) is 16.0 Å². The number of fused-ring (bicyclic) bond motifs is 1. The minimum Gasteiger partial charge on any atom is -0.497 e. The molecule has 3 aromatic carbocycles. The molecule has 18 nitrogen and oxygen atoms in total. The van der Waals surface area contributed by atoms with Crippen molar-refractivity contribution < 1.29 is 47.0 Å². The van der Waals surface area contributed by atoms with Crippen LogP contribution < -0.4 is 14.8 Å². The predicted molar refractivity (Wildman–Crippen MR) is 245 cm³/mol. The van der Waals surface area contributed by atoms with Gasteiger partial charge in [-0.1, -0.05) is 54.6 Å². The van der Waals surface area contributed by atoms with Gasteiger partial charge in [0.2, 0.25) is 12.5 Å². The number of ether oxygens (including phenoxy) is 7. The van der Waals surface area contributed by atoms with Crippen LogP contribution in [0.4, 0.5) is 5.82 Å². The SMILES string of the molecule is [C-]#[N+]CCOP(O[C@@H]1C(OCOCOCCC#N)[C@H](n2cnc3c(NC(C)=O)ncnc32)O[C@@H]1COC(c1ccccc1)(c1ccc(OC)cc1)c1ccc(OC)cc1)N(C(C)C)C(C)C. The van der Waals surface area contributed by atoms with E-state index in [-0.39, 0.29) is 70.2 Å². The lowest BCUT2D eigenvalue weighted by Crippen LogP contribution is -2.43. The topological polar surface area (TPSA) is 187 Å². The molecule has 66 heavy (non-hydrogen) atoms. The molecule has 2 unspecified atom stereocenters. The maximum atomic E-state index is 12.2. The van der Waals surface area contributed by atoms with Crippen molar-refractivity contribution in [3.63, 3.8) is 0 Å². The number of rotatable bonds is 25. The molecule has 5 aromatic rings. The number of aromatic nitrogens is 4. The number of nitrogens with one attached hydrogen (secondary N) is 1. The first kappa shape index (κ1) is 49.8. The van der Waals surface area contributed by atoms with Crippen LogP contribution in [-0.4, -0.2) is 115 Å². The summed E-state index contributed by atoms with van der Waals surface area (Å²) < 4.78 is 61.1. The average Bonchev–Trinajstić information content (AvgIpc) is 3.90. The number of carbonyl (C=O) groups is 1. The lowest BCUT2D eigenvalue weighted by molar-refractivity contribution is -0.173. The standard InChI is InChI=1S/C47H57N8O10P/c1-32(2)55(33(3)4)66(63-26-24-49-6)65-42-40(27-62-47(35-13-10-9-11-14-35,36-15-19-38(57-7)20-16-36)37-17-21-39(58-8)22-18-37)64-46(43(42)61-31-60-30-59-25-12-23-48)54-29-52-41-44(53-34(5)56)50-28-51-45(41)54/h9-11,13-22,28-29,32-33,40,42-43,46H,12,24-27,30-31H2,1-5,7-8H3,(H,50,51,53,56)/t40-,42+,43?,46-,66?/m1/s1. The van der Waals surface area contributed by atoms with Crippen molar-refractivity contribution in [3.05, 3.63) is 120 Å². The minimum atomic E-state index is -1.86. The van der Waals surface area contributed by atoms with Crippen molar-refractivity contribution in [2.24, 2.45) is 0 Å². The summed E-state index contributed by atoms with van der Waals surface area (Å²) in [5.74, 6) is 1.24. The Morgan fingerprint density at radius 3 is 2.15 bits per heavy atom. The lowest BCUT2D eigenvalue weighted by Gasteiger charge is -2.39. The number of nitrogens with zero attached hydrogens (tertiary/aromatic N) is 7. The molecule has 1 amide bonds. The zero-order chi connectivity index (χ0) is 47.1. The molecule has 1 aliphatic rings. The molecule has 6 rings (SSSR count). The number of benzene rings is 3. The summed E-state index contributed by atoms with van der Waals surface area (Å²) in [6, 6.07) is 27.4. The second-order valence-corrected chi connectivity index (χ2v) is 17.0. The number of hydrogen-bond acceptors (Lipinski definition) is 15. The van der Waals surface area contributed by atoms with Crippen molar-refractivity contribution in [2.45, 2.75) is 83.3 Å². The van der Waals surface area contributed by atoms with Crippen molar-refractivity contribution in [1.82, 2.24) is 24.2 Å². The van der Waals surface area contributed by atoms with Gasteiger partial charge in [0.15, 0.2) is 23.2 Å². The smallest absolute Gasteiger partial charge is 0.259 e. The van der Waals surface area contributed by atoms with Crippen LogP contribution in [0.2, 0.25) is 0 Å². The molecule has 0 radical (unpaired) electrons. The van der Waals surface area contributed by atoms with Crippen LogP contribution in [0.5, 0.6) is 11.5 Å². The maximum Gasteiger partial charge on any atom is 0.259 e. The molecule has 0 spiro atoms. The molecule has 0 saturated carbocycles. The van der Waals surface area contributed by atoms with E-state index >= 15 is 0 Å². The van der Waals surface area contributed by atoms with Gasteiger partial charge in [-0.3, -0.25) is 9.36 Å². The highest BCUT2D eigenvalue weighted by atomic mass is 31.2. The first-order valence-electron chi connectivity index (χ1n) is 21.5. The Kier molecular flexibility index (Phi) is 18.3. The van der Waals surface area contributed by atoms with Gasteiger partial charge in [0.25, 0.3) is 8.53 Å². The summed E-state index contributed by atoms with van der Waals surface area (Å²) in [6.45, 7) is 17.1. The Balaban J connectivity index is 1.50. The highest BCUT2D eigenvalue weighted by Gasteiger charge is 2.52. The highest BCUT2D eigenvalue weighted by molar-refractivity contribution is 7.44. The number of imidazole rings is 1. The average molecular weight is 925 g/mol. The largest absolute Gasteiger partial charge is 0.497 e. The first-order valence-corrected chi connectivity index (χ1v) is 22.6. The number of anilines is 1. The van der Waals surface area contributed by atoms with E-state index in [2.05, 4.69) is 57.5 Å². The second kappa shape index (κ2) is 24.2. The Hall–Kier alpha value is -5.63. The molecule has 19 heteroatoms. The number of nitriles is 1. The van der Waals surface area contributed by atoms with Crippen LogP contribution >= 0.6 is 8.53 Å². The fourth-order valence-electron chi connectivity index (χ4n) is 7.74. The fraction of sp³-hybridized carbons (Fsp3) is 0.447. The van der Waals surface area contributed by atoms with E-state index in [9.17, 15) is 4.79 Å². The van der Waals surface area contributed by atoms with Gasteiger partial charge in [-0.15, -0.1) is 0 Å². The molecular weight excluding hydrogens is 868 g/mol. The molecule has 1 N–H and O–H groups in total. The summed E-state index contributed by atoms with van der Waals surface area (Å²) in [6.07, 6.45) is -0.645. The van der Waals surface area contributed by atoms with Crippen molar-refractivity contribution in [3.8, 4) is 17.6 Å². The summed E-state index contributed by atoms with van der Waals surface area (Å²) >= 11 is 0. The van der Waals surface area contributed by atoms with Crippen LogP contribution in [0.3, 0.4) is 0 Å². The lowest BCUT2D eigenvalue weighted by atomic mass is 9.80. The Labute approximate surface area is 386 Å². The molecule has 1 fully saturated rings. The fourth-order valence-corrected chi connectivity index (χ4v) is 9.50. The summed E-state index contributed by atoms with van der Waals surface area (Å²) in [5, 5.41) is 11.7. The highest BCUT2D eigenvalue weighted by Crippen LogP contribution is 2.51. The quantitative estimate of drug-likeness (QED) is 0.0198. The van der Waals surface area contributed by atoms with Crippen LogP contribution in [-0.2, 0) is 43.1 Å². The molecule has 1 aliphatic heterocycles. The molecule has 350 valence electrons. The van der Waals surface area contributed by atoms with E-state index in [0.717, 1.165) is 16.7 Å². The van der Waals surface area contributed by atoms with E-state index in [1.54, 1.807) is 25.1 Å². The summed E-state index contributed by atoms with van der Waals surface area (Å²) in [5.41, 5.74) is 1.90. The van der Waals surface area contributed by atoms with Crippen LogP contribution in [0.15, 0.2) is 91.5 Å². The number of carbonyl (C=O) groups excluding carboxylic acids is 1. The zero-order valence-electron chi connectivity index (χ0n) is 38.2. The van der Waals surface area contributed by atoms with E-state index in [0.29, 0.717) is 22.7 Å². The predicted octanol–water partition coefficient (Wildman–Crippen LogP) is 7.62. The third-order valence-electron chi connectivity index (χ3n) is 10.6. The van der Waals surface area contributed by atoms with Gasteiger partial charge in [0.05, 0.1) is 46.3 Å².